The summed E-state index contributed by atoms with van der Waals surface area (Å²) in [6, 6.07) is 12.5. The van der Waals surface area contributed by atoms with Crippen LogP contribution >= 0.6 is 23.2 Å². The summed E-state index contributed by atoms with van der Waals surface area (Å²) in [5.41, 5.74) is 0.904. The summed E-state index contributed by atoms with van der Waals surface area (Å²) in [5, 5.41) is 0. The van der Waals surface area contributed by atoms with E-state index in [0.717, 1.165) is 11.1 Å². The Bertz CT molecular complexity index is 580. The quantitative estimate of drug-likeness (QED) is 0.687. The monoisotopic (exact) mass is 314 g/mol. The molecule has 2 rings (SSSR count). The highest BCUT2D eigenvalue weighted by molar-refractivity contribution is 6.22. The third-order valence-electron chi connectivity index (χ3n) is 3.38. The first-order chi connectivity index (χ1) is 9.59. The lowest BCUT2D eigenvalue weighted by Gasteiger charge is -2.30. The van der Waals surface area contributed by atoms with Gasteiger partial charge in [-0.3, -0.25) is 0 Å². The van der Waals surface area contributed by atoms with E-state index in [-0.39, 0.29) is 23.4 Å². The van der Waals surface area contributed by atoms with Gasteiger partial charge in [0.1, 0.15) is 11.6 Å². The van der Waals surface area contributed by atoms with Crippen LogP contribution in [0.2, 0.25) is 0 Å². The van der Waals surface area contributed by atoms with Crippen LogP contribution in [0.5, 0.6) is 0 Å². The molecule has 0 nitrogen and oxygen atoms in total. The molecule has 4 heteroatoms. The third kappa shape index (κ3) is 3.31. The molecule has 0 unspecified atom stereocenters. The van der Waals surface area contributed by atoms with Crippen molar-refractivity contribution in [2.24, 2.45) is 0 Å². The highest BCUT2D eigenvalue weighted by atomic mass is 35.5. The van der Waals surface area contributed by atoms with Crippen LogP contribution in [0.15, 0.2) is 48.5 Å². The molecule has 0 heterocycles. The Kier molecular flexibility index (Phi) is 5.00. The van der Waals surface area contributed by atoms with Crippen molar-refractivity contribution in [1.82, 2.24) is 0 Å². The van der Waals surface area contributed by atoms with E-state index in [0.29, 0.717) is 6.42 Å². The van der Waals surface area contributed by atoms with Crippen molar-refractivity contribution < 1.29 is 8.78 Å². The summed E-state index contributed by atoms with van der Waals surface area (Å²) in [7, 11) is 0. The van der Waals surface area contributed by atoms with E-state index >= 15 is 0 Å². The van der Waals surface area contributed by atoms with Gasteiger partial charge in [-0.15, -0.1) is 23.2 Å². The van der Waals surface area contributed by atoms with Crippen LogP contribution in [0.4, 0.5) is 8.78 Å². The summed E-state index contributed by atoms with van der Waals surface area (Å²) in [4.78, 5) is 0. The molecule has 0 aliphatic heterocycles. The summed E-state index contributed by atoms with van der Waals surface area (Å²) >= 11 is 12.2. The summed E-state index contributed by atoms with van der Waals surface area (Å²) in [6.07, 6.45) is 0.460. The van der Waals surface area contributed by atoms with Crippen LogP contribution in [0.3, 0.4) is 0 Å². The molecule has 2 aromatic carbocycles. The zero-order valence-electron chi connectivity index (χ0n) is 10.8. The number of benzene rings is 2. The van der Waals surface area contributed by atoms with Crippen molar-refractivity contribution in [3.8, 4) is 0 Å². The molecule has 0 radical (unpaired) electrons. The van der Waals surface area contributed by atoms with Crippen LogP contribution in [0, 0.1) is 11.6 Å². The lowest BCUT2D eigenvalue weighted by Crippen LogP contribution is -2.33. The van der Waals surface area contributed by atoms with Gasteiger partial charge in [0.2, 0.25) is 0 Å². The van der Waals surface area contributed by atoms with E-state index in [1.807, 2.05) is 6.07 Å². The van der Waals surface area contributed by atoms with E-state index in [4.69, 9.17) is 23.2 Å². The van der Waals surface area contributed by atoms with Crippen LogP contribution < -0.4 is 0 Å². The second-order valence-electron chi connectivity index (χ2n) is 4.86. The highest BCUT2D eigenvalue weighted by Gasteiger charge is 2.31. The first-order valence-electron chi connectivity index (χ1n) is 6.22. The number of hydrogen-bond acceptors (Lipinski definition) is 0. The SMILES string of the molecule is Fc1cccc(CC(CCl)(CCl)c2cccc(F)c2)c1. The Morgan fingerprint density at radius 3 is 2.00 bits per heavy atom. The second kappa shape index (κ2) is 6.55. The van der Waals surface area contributed by atoms with Gasteiger partial charge in [0.15, 0.2) is 0 Å². The molecule has 106 valence electrons. The lowest BCUT2D eigenvalue weighted by molar-refractivity contribution is 0.525. The number of rotatable bonds is 5. The zero-order valence-corrected chi connectivity index (χ0v) is 12.3. The molecule has 20 heavy (non-hydrogen) atoms. The molecule has 0 saturated carbocycles. The molecule has 0 saturated heterocycles. The van der Waals surface area contributed by atoms with Gasteiger partial charge in [0, 0.05) is 17.2 Å². The van der Waals surface area contributed by atoms with Gasteiger partial charge in [-0.25, -0.2) is 8.78 Å². The fraction of sp³-hybridized carbons (Fsp3) is 0.250. The maximum atomic E-state index is 13.4. The molecular formula is C16H14Cl2F2. The summed E-state index contributed by atoms with van der Waals surface area (Å²) in [5.74, 6) is -0.173. The fourth-order valence-electron chi connectivity index (χ4n) is 2.24. The normalized spacial score (nSPS) is 11.6. The Morgan fingerprint density at radius 1 is 0.850 bits per heavy atom. The molecule has 2 aromatic rings. The maximum absolute atomic E-state index is 13.4. The minimum Gasteiger partial charge on any atom is -0.207 e. The standard InChI is InChI=1S/C16H14Cl2F2/c17-10-16(11-18,13-4-2-6-15(20)8-13)9-12-3-1-5-14(19)7-12/h1-8H,9-11H2. The number of alkyl halides is 2. The average molecular weight is 315 g/mol. The van der Waals surface area contributed by atoms with Gasteiger partial charge < -0.3 is 0 Å². The molecule has 0 aliphatic rings. The van der Waals surface area contributed by atoms with E-state index in [1.54, 1.807) is 18.2 Å². The van der Waals surface area contributed by atoms with E-state index in [1.165, 1.54) is 24.3 Å². The molecule has 0 aliphatic carbocycles. The Hall–Kier alpha value is -1.12. The molecule has 0 spiro atoms. The van der Waals surface area contributed by atoms with Gasteiger partial charge in [0.25, 0.3) is 0 Å². The van der Waals surface area contributed by atoms with Crippen LogP contribution in [-0.2, 0) is 11.8 Å². The number of hydrogen-bond donors (Lipinski definition) is 0. The van der Waals surface area contributed by atoms with Crippen molar-refractivity contribution in [3.63, 3.8) is 0 Å². The molecular weight excluding hydrogens is 301 g/mol. The molecule has 0 atom stereocenters. The predicted octanol–water partition coefficient (Wildman–Crippen LogP) is 4.92. The topological polar surface area (TPSA) is 0 Å². The van der Waals surface area contributed by atoms with Gasteiger partial charge in [-0.1, -0.05) is 24.3 Å². The molecule has 0 amide bonds. The van der Waals surface area contributed by atoms with Crippen molar-refractivity contribution in [3.05, 3.63) is 71.3 Å². The zero-order chi connectivity index (χ0) is 14.6. The Labute approximate surface area is 127 Å². The van der Waals surface area contributed by atoms with Crippen molar-refractivity contribution >= 4 is 23.2 Å². The second-order valence-corrected chi connectivity index (χ2v) is 5.40. The van der Waals surface area contributed by atoms with Gasteiger partial charge >= 0.3 is 0 Å². The molecule has 0 N–H and O–H groups in total. The summed E-state index contributed by atoms with van der Waals surface area (Å²) < 4.78 is 26.7. The van der Waals surface area contributed by atoms with E-state index in [9.17, 15) is 8.78 Å². The minimum absolute atomic E-state index is 0.233. The lowest BCUT2D eigenvalue weighted by atomic mass is 9.78. The third-order valence-corrected chi connectivity index (χ3v) is 4.40. The average Bonchev–Trinajstić information content (AvgIpc) is 2.45. The molecule has 0 aromatic heterocycles. The Balaban J connectivity index is 2.39. The summed E-state index contributed by atoms with van der Waals surface area (Å²) in [6.45, 7) is 0. The van der Waals surface area contributed by atoms with Crippen molar-refractivity contribution in [1.29, 1.82) is 0 Å². The van der Waals surface area contributed by atoms with E-state index in [2.05, 4.69) is 0 Å². The van der Waals surface area contributed by atoms with Crippen molar-refractivity contribution in [2.45, 2.75) is 11.8 Å². The van der Waals surface area contributed by atoms with Gasteiger partial charge in [-0.2, -0.15) is 0 Å². The minimum atomic E-state index is -0.612. The highest BCUT2D eigenvalue weighted by Crippen LogP contribution is 2.32. The first kappa shape index (κ1) is 15.3. The van der Waals surface area contributed by atoms with Crippen molar-refractivity contribution in [2.75, 3.05) is 11.8 Å². The Morgan fingerprint density at radius 2 is 1.45 bits per heavy atom. The fourth-order valence-corrected chi connectivity index (χ4v) is 3.03. The van der Waals surface area contributed by atoms with E-state index < -0.39 is 5.41 Å². The van der Waals surface area contributed by atoms with Crippen LogP contribution in [0.25, 0.3) is 0 Å². The number of halogens is 4. The molecule has 0 fully saturated rings. The van der Waals surface area contributed by atoms with Crippen LogP contribution in [-0.4, -0.2) is 11.8 Å². The largest absolute Gasteiger partial charge is 0.207 e. The molecule has 0 bridgehead atoms. The van der Waals surface area contributed by atoms with Gasteiger partial charge in [-0.05, 0) is 41.8 Å². The maximum Gasteiger partial charge on any atom is 0.123 e. The predicted molar refractivity (Wildman–Crippen MR) is 79.6 cm³/mol. The first-order valence-corrected chi connectivity index (χ1v) is 7.29. The smallest absolute Gasteiger partial charge is 0.123 e. The van der Waals surface area contributed by atoms with Crippen LogP contribution in [0.1, 0.15) is 11.1 Å². The van der Waals surface area contributed by atoms with Gasteiger partial charge in [0.05, 0.1) is 0 Å².